The highest BCUT2D eigenvalue weighted by Gasteiger charge is 2.17. The molecule has 8 rings (SSSR count). The van der Waals surface area contributed by atoms with Gasteiger partial charge in [-0.1, -0.05) is 48.5 Å². The first-order valence-corrected chi connectivity index (χ1v) is 12.2. The highest BCUT2D eigenvalue weighted by molar-refractivity contribution is 6.12. The molecule has 8 aromatic rings. The zero-order valence-electron chi connectivity index (χ0n) is 20.0. The molecule has 4 aromatic heterocycles. The Morgan fingerprint density at radius 3 is 1.24 bits per heavy atom. The van der Waals surface area contributed by atoms with Gasteiger partial charge in [-0.25, -0.2) is 29.9 Å². The quantitative estimate of drug-likeness (QED) is 0.306. The van der Waals surface area contributed by atoms with Gasteiger partial charge in [0.1, 0.15) is 25.3 Å². The summed E-state index contributed by atoms with van der Waals surface area (Å²) in [5.41, 5.74) is 6.48. The highest BCUT2D eigenvalue weighted by Crippen LogP contribution is 2.37. The number of nitrogens with zero attached hydrogens (tertiary/aromatic N) is 8. The van der Waals surface area contributed by atoms with E-state index in [1.54, 1.807) is 0 Å². The Morgan fingerprint density at radius 2 is 0.789 bits per heavy atom. The summed E-state index contributed by atoms with van der Waals surface area (Å²) in [7, 11) is 0. The molecule has 0 atom stereocenters. The second kappa shape index (κ2) is 8.01. The Bertz CT molecular complexity index is 1970. The topological polar surface area (TPSA) is 87.2 Å². The summed E-state index contributed by atoms with van der Waals surface area (Å²) in [6, 6.07) is 29.8. The lowest BCUT2D eigenvalue weighted by atomic mass is 10.0. The molecular weight excluding hydrogens is 472 g/mol. The van der Waals surface area contributed by atoms with Crippen molar-refractivity contribution < 1.29 is 0 Å². The summed E-state index contributed by atoms with van der Waals surface area (Å²) >= 11 is 0. The van der Waals surface area contributed by atoms with E-state index in [0.29, 0.717) is 11.9 Å². The Kier molecular flexibility index (Phi) is 4.35. The van der Waals surface area contributed by atoms with Crippen molar-refractivity contribution in [2.75, 3.05) is 0 Å². The van der Waals surface area contributed by atoms with Crippen molar-refractivity contribution in [3.05, 3.63) is 110 Å². The average molecular weight is 491 g/mol. The molecule has 0 spiro atoms. The van der Waals surface area contributed by atoms with E-state index in [0.717, 1.165) is 54.7 Å². The zero-order chi connectivity index (χ0) is 25.1. The molecule has 8 heteroatoms. The van der Waals surface area contributed by atoms with Crippen LogP contribution in [-0.2, 0) is 0 Å². The lowest BCUT2D eigenvalue weighted by Crippen LogP contribution is -2.00. The van der Waals surface area contributed by atoms with Crippen molar-refractivity contribution in [1.82, 2.24) is 39.0 Å². The Labute approximate surface area is 215 Å². The van der Waals surface area contributed by atoms with Crippen LogP contribution < -0.4 is 0 Å². The molecule has 178 valence electrons. The molecule has 0 unspecified atom stereocenters. The minimum Gasteiger partial charge on any atom is -0.278 e. The van der Waals surface area contributed by atoms with Crippen molar-refractivity contribution in [2.45, 2.75) is 0 Å². The highest BCUT2D eigenvalue weighted by atomic mass is 15.2. The molecule has 38 heavy (non-hydrogen) atoms. The van der Waals surface area contributed by atoms with Gasteiger partial charge >= 0.3 is 0 Å². The minimum atomic E-state index is 0.603. The van der Waals surface area contributed by atoms with Crippen LogP contribution in [0.4, 0.5) is 0 Å². The van der Waals surface area contributed by atoms with Gasteiger partial charge < -0.3 is 0 Å². The van der Waals surface area contributed by atoms with Gasteiger partial charge in [-0.05, 0) is 47.5 Å². The van der Waals surface area contributed by atoms with Crippen molar-refractivity contribution in [3.8, 4) is 23.0 Å². The maximum absolute atomic E-state index is 4.42. The van der Waals surface area contributed by atoms with Crippen LogP contribution in [-0.4, -0.2) is 39.0 Å². The molecule has 4 aromatic carbocycles. The second-order valence-corrected chi connectivity index (χ2v) is 9.05. The summed E-state index contributed by atoms with van der Waals surface area (Å²) in [5, 5.41) is 4.59. The van der Waals surface area contributed by atoms with Crippen LogP contribution in [0.1, 0.15) is 0 Å². The zero-order valence-corrected chi connectivity index (χ0v) is 20.0. The van der Waals surface area contributed by atoms with Crippen LogP contribution in [0.25, 0.3) is 66.6 Å². The van der Waals surface area contributed by atoms with Gasteiger partial charge in [0.25, 0.3) is 0 Å². The maximum Gasteiger partial charge on any atom is 0.237 e. The van der Waals surface area contributed by atoms with Crippen LogP contribution in [0.5, 0.6) is 0 Å². The standard InChI is InChI=1S/C30H18N8/c1-3-7-25-21(5-1)23-13-19(9-11-27(23)37(25)29-33-15-31-16-34-29)20-10-12-28-24(14-20)22-6-2-4-8-26(22)38(28)30-35-17-32-18-36-30/h1-18H. The third kappa shape index (κ3) is 2.97. The molecule has 0 saturated carbocycles. The monoisotopic (exact) mass is 490 g/mol. The van der Waals surface area contributed by atoms with Crippen LogP contribution in [0.2, 0.25) is 0 Å². The summed E-state index contributed by atoms with van der Waals surface area (Å²) < 4.78 is 4.17. The first-order chi connectivity index (χ1) is 18.9. The lowest BCUT2D eigenvalue weighted by molar-refractivity contribution is 0.939. The molecule has 0 aliphatic heterocycles. The molecule has 4 heterocycles. The first kappa shape index (κ1) is 20.7. The van der Waals surface area contributed by atoms with Gasteiger partial charge in [-0.2, -0.15) is 0 Å². The first-order valence-electron chi connectivity index (χ1n) is 12.2. The Balaban J connectivity index is 1.36. The molecule has 8 nitrogen and oxygen atoms in total. The molecule has 0 amide bonds. The van der Waals surface area contributed by atoms with E-state index >= 15 is 0 Å². The van der Waals surface area contributed by atoms with Crippen LogP contribution in [0.3, 0.4) is 0 Å². The lowest BCUT2D eigenvalue weighted by Gasteiger charge is -2.07. The van der Waals surface area contributed by atoms with Crippen molar-refractivity contribution in [2.24, 2.45) is 0 Å². The summed E-state index contributed by atoms with van der Waals surface area (Å²) in [6.45, 7) is 0. The second-order valence-electron chi connectivity index (χ2n) is 9.05. The van der Waals surface area contributed by atoms with Gasteiger partial charge in [0.2, 0.25) is 11.9 Å². The predicted molar refractivity (Wildman–Crippen MR) is 147 cm³/mol. The normalized spacial score (nSPS) is 11.7. The van der Waals surface area contributed by atoms with Crippen molar-refractivity contribution in [1.29, 1.82) is 0 Å². The van der Waals surface area contributed by atoms with E-state index in [-0.39, 0.29) is 0 Å². The van der Waals surface area contributed by atoms with E-state index in [1.807, 2.05) is 12.1 Å². The fourth-order valence-electron chi connectivity index (χ4n) is 5.43. The molecule has 0 saturated heterocycles. The van der Waals surface area contributed by atoms with Crippen LogP contribution >= 0.6 is 0 Å². The number of rotatable bonds is 3. The van der Waals surface area contributed by atoms with Crippen LogP contribution in [0, 0.1) is 0 Å². The van der Waals surface area contributed by atoms with E-state index in [1.165, 1.54) is 25.3 Å². The van der Waals surface area contributed by atoms with E-state index in [2.05, 4.69) is 112 Å². The third-order valence-electron chi connectivity index (χ3n) is 7.04. The van der Waals surface area contributed by atoms with Gasteiger partial charge in [0.05, 0.1) is 22.1 Å². The molecule has 0 bridgehead atoms. The summed E-state index contributed by atoms with van der Waals surface area (Å²) in [6.07, 6.45) is 6.11. The van der Waals surface area contributed by atoms with Crippen molar-refractivity contribution in [3.63, 3.8) is 0 Å². The Hall–Kier alpha value is -5.50. The van der Waals surface area contributed by atoms with Crippen molar-refractivity contribution >= 4 is 43.6 Å². The average Bonchev–Trinajstić information content (AvgIpc) is 3.50. The largest absolute Gasteiger partial charge is 0.278 e. The van der Waals surface area contributed by atoms with E-state index in [9.17, 15) is 0 Å². The summed E-state index contributed by atoms with van der Waals surface area (Å²) in [5.74, 6) is 1.21. The number of benzene rings is 4. The fourth-order valence-corrected chi connectivity index (χ4v) is 5.43. The molecule has 0 aliphatic carbocycles. The van der Waals surface area contributed by atoms with Gasteiger partial charge in [0, 0.05) is 21.5 Å². The maximum atomic E-state index is 4.42. The smallest absolute Gasteiger partial charge is 0.237 e. The van der Waals surface area contributed by atoms with E-state index < -0.39 is 0 Å². The predicted octanol–water partition coefficient (Wildman–Crippen LogP) is 5.92. The molecular formula is C30H18N8. The minimum absolute atomic E-state index is 0.603. The molecule has 0 radical (unpaired) electrons. The molecule has 0 N–H and O–H groups in total. The van der Waals surface area contributed by atoms with Gasteiger partial charge in [0.15, 0.2) is 0 Å². The Morgan fingerprint density at radius 1 is 0.395 bits per heavy atom. The molecule has 0 aliphatic rings. The fraction of sp³-hybridized carbons (Fsp3) is 0. The van der Waals surface area contributed by atoms with E-state index in [4.69, 9.17) is 0 Å². The molecule has 0 fully saturated rings. The number of para-hydroxylation sites is 2. The third-order valence-corrected chi connectivity index (χ3v) is 7.04. The number of aromatic nitrogens is 8. The number of hydrogen-bond acceptors (Lipinski definition) is 6. The summed E-state index contributed by atoms with van der Waals surface area (Å²) in [4.78, 5) is 25.6. The number of hydrogen-bond donors (Lipinski definition) is 0. The van der Waals surface area contributed by atoms with Crippen LogP contribution in [0.15, 0.2) is 110 Å². The number of fused-ring (bicyclic) bond motifs is 6. The van der Waals surface area contributed by atoms with Gasteiger partial charge in [-0.15, -0.1) is 0 Å². The SMILES string of the molecule is c1ccc2c(c1)c1cc(-c3ccc4c(c3)c3ccccc3n4-c3ncncn3)ccc1n2-c1ncncn1. The van der Waals surface area contributed by atoms with Gasteiger partial charge in [-0.3, -0.25) is 9.13 Å².